The molecule has 1 amide bonds. The Balaban J connectivity index is 1.90. The van der Waals surface area contributed by atoms with E-state index in [2.05, 4.69) is 4.98 Å². The van der Waals surface area contributed by atoms with Gasteiger partial charge in [0.1, 0.15) is 5.56 Å². The van der Waals surface area contributed by atoms with Crippen LogP contribution >= 0.6 is 0 Å². The van der Waals surface area contributed by atoms with Crippen molar-refractivity contribution in [2.24, 2.45) is 0 Å². The minimum absolute atomic E-state index is 0.117. The Hall–Kier alpha value is -2.40. The van der Waals surface area contributed by atoms with Crippen LogP contribution in [0.4, 0.5) is 0 Å². The Morgan fingerprint density at radius 2 is 1.92 bits per heavy atom. The number of carbonyl (C=O) groups is 1. The van der Waals surface area contributed by atoms with Crippen LogP contribution in [0.15, 0.2) is 47.3 Å². The molecule has 1 saturated heterocycles. The molecule has 2 N–H and O–H groups in total. The second-order valence-corrected chi connectivity index (χ2v) is 6.79. The Morgan fingerprint density at radius 3 is 2.54 bits per heavy atom. The van der Waals surface area contributed by atoms with Crippen molar-refractivity contribution in [3.63, 3.8) is 0 Å². The van der Waals surface area contributed by atoms with Crippen LogP contribution in [-0.4, -0.2) is 39.1 Å². The summed E-state index contributed by atoms with van der Waals surface area (Å²) in [6.45, 7) is 3.96. The van der Waals surface area contributed by atoms with Crippen molar-refractivity contribution >= 4 is 5.91 Å². The van der Waals surface area contributed by atoms with E-state index < -0.39 is 11.2 Å². The molecular formula is C19H22N2O3. The molecule has 1 aliphatic rings. The van der Waals surface area contributed by atoms with Crippen LogP contribution < -0.4 is 5.56 Å². The number of likely N-dealkylation sites (tertiary alicyclic amines) is 1. The smallest absolute Gasteiger partial charge is 0.261 e. The van der Waals surface area contributed by atoms with Gasteiger partial charge in [0.05, 0.1) is 11.6 Å². The molecule has 2 aromatic rings. The summed E-state index contributed by atoms with van der Waals surface area (Å²) in [7, 11) is 0. The zero-order chi connectivity index (χ0) is 17.3. The van der Waals surface area contributed by atoms with Crippen LogP contribution in [0, 0.1) is 0 Å². The quantitative estimate of drug-likeness (QED) is 0.910. The normalized spacial score (nSPS) is 18.0. The molecule has 126 valence electrons. The molecule has 1 fully saturated rings. The first-order valence-corrected chi connectivity index (χ1v) is 8.20. The number of nitrogens with one attached hydrogen (secondary N) is 1. The van der Waals surface area contributed by atoms with Crippen molar-refractivity contribution in [3.8, 4) is 11.3 Å². The number of benzene rings is 1. The fraction of sp³-hybridized carbons (Fsp3) is 0.368. The van der Waals surface area contributed by atoms with E-state index in [9.17, 15) is 14.7 Å². The topological polar surface area (TPSA) is 73.4 Å². The summed E-state index contributed by atoms with van der Waals surface area (Å²) in [6.07, 6.45) is 1.58. The van der Waals surface area contributed by atoms with Gasteiger partial charge < -0.3 is 15.0 Å². The number of nitrogens with zero attached hydrogens (tertiary/aromatic N) is 1. The lowest BCUT2D eigenvalue weighted by atomic mass is 9.96. The second kappa shape index (κ2) is 6.24. The Labute approximate surface area is 140 Å². The summed E-state index contributed by atoms with van der Waals surface area (Å²) in [4.78, 5) is 29.6. The van der Waals surface area contributed by atoms with Crippen molar-refractivity contribution in [1.82, 2.24) is 9.88 Å². The predicted octanol–water partition coefficient (Wildman–Crippen LogP) is 2.42. The highest BCUT2D eigenvalue weighted by atomic mass is 16.3. The van der Waals surface area contributed by atoms with Crippen LogP contribution in [0.3, 0.4) is 0 Å². The molecule has 0 aliphatic carbocycles. The number of rotatable bonds is 3. The van der Waals surface area contributed by atoms with E-state index >= 15 is 0 Å². The molecule has 5 nitrogen and oxygen atoms in total. The zero-order valence-electron chi connectivity index (χ0n) is 14.0. The Bertz CT molecular complexity index is 790. The molecule has 3 rings (SSSR count). The van der Waals surface area contributed by atoms with E-state index in [-0.39, 0.29) is 17.5 Å². The minimum atomic E-state index is -0.983. The first-order valence-electron chi connectivity index (χ1n) is 8.20. The third kappa shape index (κ3) is 3.12. The molecule has 0 radical (unpaired) electrons. The van der Waals surface area contributed by atoms with Crippen LogP contribution in [0.5, 0.6) is 0 Å². The lowest BCUT2D eigenvalue weighted by Gasteiger charge is -2.33. The van der Waals surface area contributed by atoms with E-state index in [0.29, 0.717) is 12.2 Å². The van der Waals surface area contributed by atoms with Crippen molar-refractivity contribution in [2.45, 2.75) is 38.3 Å². The molecule has 24 heavy (non-hydrogen) atoms. The molecule has 1 aromatic carbocycles. The second-order valence-electron chi connectivity index (χ2n) is 6.79. The highest BCUT2D eigenvalue weighted by Gasteiger charge is 2.39. The lowest BCUT2D eigenvalue weighted by Crippen LogP contribution is -2.49. The highest BCUT2D eigenvalue weighted by molar-refractivity contribution is 5.94. The van der Waals surface area contributed by atoms with Crippen molar-refractivity contribution in [2.75, 3.05) is 6.54 Å². The summed E-state index contributed by atoms with van der Waals surface area (Å²) in [6, 6.07) is 12.6. The number of amides is 1. The van der Waals surface area contributed by atoms with Gasteiger partial charge >= 0.3 is 0 Å². The van der Waals surface area contributed by atoms with Gasteiger partial charge in [0.15, 0.2) is 0 Å². The first kappa shape index (κ1) is 16.5. The number of aliphatic hydroxyl groups is 1. The average Bonchev–Trinajstić information content (AvgIpc) is 3.05. The number of H-pyrrole nitrogens is 1. The number of aromatic nitrogens is 1. The number of aromatic amines is 1. The minimum Gasteiger partial charge on any atom is -0.388 e. The SMILES string of the molecule is CC(C)(O)C1CCCN1C(=O)c1ccc(-c2ccccc2)[nH]c1=O. The van der Waals surface area contributed by atoms with Gasteiger partial charge in [-0.15, -0.1) is 0 Å². The molecule has 1 atom stereocenters. The third-order valence-electron chi connectivity index (χ3n) is 4.55. The summed E-state index contributed by atoms with van der Waals surface area (Å²) in [5, 5.41) is 10.3. The summed E-state index contributed by atoms with van der Waals surface area (Å²) >= 11 is 0. The van der Waals surface area contributed by atoms with Gasteiger partial charge in [0.25, 0.3) is 11.5 Å². The fourth-order valence-electron chi connectivity index (χ4n) is 3.33. The van der Waals surface area contributed by atoms with E-state index in [4.69, 9.17) is 0 Å². The standard InChI is InChI=1S/C19H22N2O3/c1-19(2,24)16-9-6-12-21(16)18(23)14-10-11-15(20-17(14)22)13-7-4-3-5-8-13/h3-5,7-8,10-11,16,24H,6,9,12H2,1-2H3,(H,20,22). The van der Waals surface area contributed by atoms with Gasteiger partial charge in [-0.2, -0.15) is 0 Å². The van der Waals surface area contributed by atoms with Crippen molar-refractivity contribution in [1.29, 1.82) is 0 Å². The maximum absolute atomic E-state index is 12.8. The lowest BCUT2D eigenvalue weighted by molar-refractivity contribution is 0.000265. The zero-order valence-corrected chi connectivity index (χ0v) is 14.0. The summed E-state index contributed by atoms with van der Waals surface area (Å²) in [5.41, 5.74) is 0.304. The van der Waals surface area contributed by atoms with Crippen LogP contribution in [0.2, 0.25) is 0 Å². The summed E-state index contributed by atoms with van der Waals surface area (Å²) < 4.78 is 0. The third-order valence-corrected chi connectivity index (χ3v) is 4.55. The molecule has 0 spiro atoms. The maximum atomic E-state index is 12.8. The van der Waals surface area contributed by atoms with Gasteiger partial charge in [-0.1, -0.05) is 30.3 Å². The Morgan fingerprint density at radius 1 is 1.21 bits per heavy atom. The number of hydrogen-bond acceptors (Lipinski definition) is 3. The van der Waals surface area contributed by atoms with Gasteiger partial charge in [0.2, 0.25) is 0 Å². The van der Waals surface area contributed by atoms with Crippen LogP contribution in [-0.2, 0) is 0 Å². The van der Waals surface area contributed by atoms with Gasteiger partial charge in [-0.25, -0.2) is 0 Å². The first-order chi connectivity index (χ1) is 11.4. The van der Waals surface area contributed by atoms with E-state index in [0.717, 1.165) is 18.4 Å². The van der Waals surface area contributed by atoms with E-state index in [1.165, 1.54) is 0 Å². The van der Waals surface area contributed by atoms with Crippen LogP contribution in [0.1, 0.15) is 37.0 Å². The van der Waals surface area contributed by atoms with Crippen molar-refractivity contribution in [3.05, 3.63) is 58.4 Å². The Kier molecular flexibility index (Phi) is 4.28. The van der Waals surface area contributed by atoms with E-state index in [1.807, 2.05) is 30.3 Å². The number of hydrogen-bond donors (Lipinski definition) is 2. The van der Waals surface area contributed by atoms with Gasteiger partial charge in [-0.3, -0.25) is 9.59 Å². The molecular weight excluding hydrogens is 304 g/mol. The molecule has 1 aliphatic heterocycles. The maximum Gasteiger partial charge on any atom is 0.261 e. The predicted molar refractivity (Wildman–Crippen MR) is 92.9 cm³/mol. The summed E-state index contributed by atoms with van der Waals surface area (Å²) in [5.74, 6) is -0.319. The fourth-order valence-corrected chi connectivity index (χ4v) is 3.33. The highest BCUT2D eigenvalue weighted by Crippen LogP contribution is 2.28. The van der Waals surface area contributed by atoms with Gasteiger partial charge in [-0.05, 0) is 44.4 Å². The van der Waals surface area contributed by atoms with Gasteiger partial charge in [0, 0.05) is 12.2 Å². The molecule has 1 aromatic heterocycles. The molecule has 0 bridgehead atoms. The average molecular weight is 326 g/mol. The van der Waals surface area contributed by atoms with Crippen LogP contribution in [0.25, 0.3) is 11.3 Å². The molecule has 2 heterocycles. The van der Waals surface area contributed by atoms with Crippen molar-refractivity contribution < 1.29 is 9.90 Å². The van der Waals surface area contributed by atoms with E-state index in [1.54, 1.807) is 30.9 Å². The molecule has 5 heteroatoms. The monoisotopic (exact) mass is 326 g/mol. The number of carbonyl (C=O) groups excluding carboxylic acids is 1. The largest absolute Gasteiger partial charge is 0.388 e. The molecule has 0 saturated carbocycles. The molecule has 1 unspecified atom stereocenters. The number of pyridine rings is 1.